The average Bonchev–Trinajstić information content (AvgIpc) is 2.93. The van der Waals surface area contributed by atoms with E-state index in [1.165, 1.54) is 35.0 Å². The van der Waals surface area contributed by atoms with Crippen molar-refractivity contribution in [3.8, 4) is 16.9 Å². The van der Waals surface area contributed by atoms with Gasteiger partial charge < -0.3 is 9.80 Å². The van der Waals surface area contributed by atoms with Gasteiger partial charge in [-0.1, -0.05) is 26.5 Å². The number of hydrogen-bond acceptors (Lipinski definition) is 6. The lowest BCUT2D eigenvalue weighted by atomic mass is 10.0. The minimum absolute atomic E-state index is 0.0207. The number of benzene rings is 1. The Morgan fingerprint density at radius 2 is 1.83 bits per heavy atom. The summed E-state index contributed by atoms with van der Waals surface area (Å²) in [5, 5.41) is 0.552. The van der Waals surface area contributed by atoms with E-state index in [1.807, 2.05) is 38.7 Å². The van der Waals surface area contributed by atoms with Crippen molar-refractivity contribution < 1.29 is 13.6 Å². The number of nitrogens with zero attached hydrogens (tertiary/aromatic N) is 6. The third-order valence-electron chi connectivity index (χ3n) is 7.66. The van der Waals surface area contributed by atoms with E-state index in [4.69, 9.17) is 0 Å². The second-order valence-electron chi connectivity index (χ2n) is 10.7. The lowest BCUT2D eigenvalue weighted by Gasteiger charge is -2.40. The topological polar surface area (TPSA) is 84.2 Å². The highest BCUT2D eigenvalue weighted by molar-refractivity contribution is 5.95. The van der Waals surface area contributed by atoms with Crippen molar-refractivity contribution in [3.63, 3.8) is 0 Å². The third kappa shape index (κ3) is 4.77. The number of amides is 1. The summed E-state index contributed by atoms with van der Waals surface area (Å²) < 4.78 is 31.5. The fourth-order valence-electron chi connectivity index (χ4n) is 5.64. The molecule has 8 nitrogen and oxygen atoms in total. The smallest absolute Gasteiger partial charge is 0.350 e. The zero-order chi connectivity index (χ0) is 29.6. The molecule has 1 aliphatic heterocycles. The monoisotopic (exact) mass is 558 g/mol. The minimum atomic E-state index is -0.750. The van der Waals surface area contributed by atoms with Crippen molar-refractivity contribution in [1.82, 2.24) is 24.4 Å². The van der Waals surface area contributed by atoms with Crippen LogP contribution in [0.25, 0.3) is 27.8 Å². The molecular formula is C31H32F2N6O2. The summed E-state index contributed by atoms with van der Waals surface area (Å²) >= 11 is 0. The zero-order valence-corrected chi connectivity index (χ0v) is 23.8. The van der Waals surface area contributed by atoms with Crippen LogP contribution in [0, 0.1) is 25.5 Å². The molecule has 1 aromatic carbocycles. The fraction of sp³-hybridized carbons (Fsp3) is 0.323. The number of rotatable bonds is 5. The zero-order valence-electron chi connectivity index (χ0n) is 23.8. The van der Waals surface area contributed by atoms with Crippen LogP contribution in [0.15, 0.2) is 54.1 Å². The quantitative estimate of drug-likeness (QED) is 0.318. The van der Waals surface area contributed by atoms with Crippen LogP contribution in [0.5, 0.6) is 0 Å². The summed E-state index contributed by atoms with van der Waals surface area (Å²) in [6, 6.07) is 5.31. The number of pyridine rings is 2. The number of carbonyl (C=O) groups excluding carboxylic acids is 1. The maximum atomic E-state index is 15.0. The molecule has 4 heterocycles. The van der Waals surface area contributed by atoms with Gasteiger partial charge in [-0.2, -0.15) is 4.98 Å². The normalized spacial score (nSPS) is 15.6. The molecule has 4 aromatic rings. The van der Waals surface area contributed by atoms with Crippen LogP contribution >= 0.6 is 0 Å². The number of piperazine rings is 1. The van der Waals surface area contributed by atoms with Crippen LogP contribution in [0.4, 0.5) is 14.6 Å². The van der Waals surface area contributed by atoms with E-state index < -0.39 is 17.3 Å². The molecule has 1 unspecified atom stereocenters. The number of hydrogen-bond donors (Lipinski definition) is 0. The van der Waals surface area contributed by atoms with Gasteiger partial charge >= 0.3 is 5.69 Å². The molecule has 0 aliphatic carbocycles. The Balaban J connectivity index is 1.84. The van der Waals surface area contributed by atoms with Crippen molar-refractivity contribution in [2.45, 2.75) is 46.6 Å². The maximum Gasteiger partial charge on any atom is 0.354 e. The number of anilines is 1. The Kier molecular flexibility index (Phi) is 7.42. The molecule has 1 atom stereocenters. The van der Waals surface area contributed by atoms with Crippen LogP contribution in [-0.4, -0.2) is 56.0 Å². The maximum absolute atomic E-state index is 15.0. The summed E-state index contributed by atoms with van der Waals surface area (Å²) in [4.78, 5) is 43.6. The van der Waals surface area contributed by atoms with Crippen LogP contribution in [0.2, 0.25) is 0 Å². The highest BCUT2D eigenvalue weighted by Crippen LogP contribution is 2.36. The Bertz CT molecular complexity index is 1730. The summed E-state index contributed by atoms with van der Waals surface area (Å²) in [5.41, 5.74) is 2.25. The molecule has 0 radical (unpaired) electrons. The van der Waals surface area contributed by atoms with Gasteiger partial charge in [0.15, 0.2) is 0 Å². The number of aryl methyl sites for hydroxylation is 2. The summed E-state index contributed by atoms with van der Waals surface area (Å²) in [6.07, 6.45) is 4.51. The fourth-order valence-corrected chi connectivity index (χ4v) is 5.64. The van der Waals surface area contributed by atoms with Gasteiger partial charge in [0.2, 0.25) is 5.91 Å². The van der Waals surface area contributed by atoms with Crippen LogP contribution in [0.1, 0.15) is 43.5 Å². The minimum Gasteiger partial charge on any atom is -0.350 e. The molecule has 41 heavy (non-hydrogen) atoms. The first-order chi connectivity index (χ1) is 19.5. The molecule has 10 heteroatoms. The van der Waals surface area contributed by atoms with Crippen molar-refractivity contribution in [2.24, 2.45) is 0 Å². The van der Waals surface area contributed by atoms with Gasteiger partial charge in [0.25, 0.3) is 0 Å². The predicted molar refractivity (Wildman–Crippen MR) is 155 cm³/mol. The molecule has 1 amide bonds. The number of aromatic nitrogens is 4. The Hall–Kier alpha value is -4.47. The molecule has 1 fully saturated rings. The lowest BCUT2D eigenvalue weighted by molar-refractivity contribution is -0.126. The van der Waals surface area contributed by atoms with E-state index in [1.54, 1.807) is 18.0 Å². The third-order valence-corrected chi connectivity index (χ3v) is 7.66. The van der Waals surface area contributed by atoms with E-state index in [0.717, 1.165) is 5.56 Å². The number of carbonyl (C=O) groups is 1. The average molecular weight is 559 g/mol. The SMILES string of the molecule is C=CC(=O)N1CCN(c2nc(=O)n(-c3c(C)ccnc3C(C)C)c3c(C)c(-c4c(F)cccc4F)ncc23)C(C)C1. The molecule has 3 aromatic heterocycles. The Labute approximate surface area is 237 Å². The first kappa shape index (κ1) is 28.1. The highest BCUT2D eigenvalue weighted by Gasteiger charge is 2.31. The standard InChI is InChI=1S/C31H32F2N6O2/c1-7-24(40)37-13-14-38(19(5)16-37)30-21-15-35-27(25-22(32)9-8-10-23(25)33)20(6)29(21)39(31(41)36-30)28-18(4)11-12-34-26(28)17(2)3/h7-12,15,17,19H,1,13-14,16H2,2-6H3. The van der Waals surface area contributed by atoms with Gasteiger partial charge in [0.05, 0.1) is 33.5 Å². The molecule has 5 rings (SSSR count). The van der Waals surface area contributed by atoms with Gasteiger partial charge in [-0.25, -0.2) is 13.6 Å². The molecule has 0 saturated carbocycles. The van der Waals surface area contributed by atoms with Crippen LogP contribution < -0.4 is 10.6 Å². The number of halogens is 2. The second kappa shape index (κ2) is 10.8. The lowest BCUT2D eigenvalue weighted by Crippen LogP contribution is -2.54. The molecule has 0 spiro atoms. The van der Waals surface area contributed by atoms with Crippen LogP contribution in [0.3, 0.4) is 0 Å². The molecule has 1 saturated heterocycles. The predicted octanol–water partition coefficient (Wildman–Crippen LogP) is 5.08. The summed E-state index contributed by atoms with van der Waals surface area (Å²) in [5.74, 6) is -1.27. The van der Waals surface area contributed by atoms with E-state index in [2.05, 4.69) is 21.5 Å². The van der Waals surface area contributed by atoms with Crippen LogP contribution in [-0.2, 0) is 4.79 Å². The molecule has 212 valence electrons. The largest absolute Gasteiger partial charge is 0.354 e. The van der Waals surface area contributed by atoms with Crippen molar-refractivity contribution >= 4 is 22.6 Å². The van der Waals surface area contributed by atoms with Gasteiger partial charge in [-0.05, 0) is 56.5 Å². The van der Waals surface area contributed by atoms with Gasteiger partial charge in [-0.15, -0.1) is 0 Å². The Morgan fingerprint density at radius 1 is 1.12 bits per heavy atom. The number of fused-ring (bicyclic) bond motifs is 1. The highest BCUT2D eigenvalue weighted by atomic mass is 19.1. The van der Waals surface area contributed by atoms with E-state index in [9.17, 15) is 18.4 Å². The van der Waals surface area contributed by atoms with Gasteiger partial charge in [-0.3, -0.25) is 19.3 Å². The second-order valence-corrected chi connectivity index (χ2v) is 10.7. The summed E-state index contributed by atoms with van der Waals surface area (Å²) in [7, 11) is 0. The van der Waals surface area contributed by atoms with E-state index in [-0.39, 0.29) is 29.1 Å². The molecule has 1 aliphatic rings. The van der Waals surface area contributed by atoms with E-state index >= 15 is 0 Å². The Morgan fingerprint density at radius 3 is 2.46 bits per heavy atom. The van der Waals surface area contributed by atoms with Gasteiger partial charge in [0.1, 0.15) is 17.5 Å². The molecule has 0 N–H and O–H groups in total. The molecule has 0 bridgehead atoms. The van der Waals surface area contributed by atoms with Crippen molar-refractivity contribution in [1.29, 1.82) is 0 Å². The first-order valence-corrected chi connectivity index (χ1v) is 13.6. The first-order valence-electron chi connectivity index (χ1n) is 13.6. The van der Waals surface area contributed by atoms with Crippen molar-refractivity contribution in [3.05, 3.63) is 88.3 Å². The molecular weight excluding hydrogens is 526 g/mol. The van der Waals surface area contributed by atoms with E-state index in [0.29, 0.717) is 53.3 Å². The van der Waals surface area contributed by atoms with Crippen molar-refractivity contribution in [2.75, 3.05) is 24.5 Å². The van der Waals surface area contributed by atoms with Gasteiger partial charge in [0, 0.05) is 43.6 Å². The summed E-state index contributed by atoms with van der Waals surface area (Å²) in [6.45, 7) is 14.4.